The number of rotatable bonds is 1. The molecule has 0 radical (unpaired) electrons. The van der Waals surface area contributed by atoms with E-state index in [1.165, 1.54) is 0 Å². The van der Waals surface area contributed by atoms with Crippen LogP contribution in [0, 0.1) is 0 Å². The molecule has 2 rings (SSSR count). The molecule has 1 aromatic carbocycles. The predicted octanol–water partition coefficient (Wildman–Crippen LogP) is 3.14. The summed E-state index contributed by atoms with van der Waals surface area (Å²) in [7, 11) is 0. The molecule has 0 saturated carbocycles. The van der Waals surface area contributed by atoms with Gasteiger partial charge in [-0.05, 0) is 18.2 Å². The minimum atomic E-state index is 0.230. The third-order valence-corrected chi connectivity index (χ3v) is 2.68. The molecule has 0 amide bonds. The van der Waals surface area contributed by atoms with E-state index in [2.05, 4.69) is 26.1 Å². The molecule has 0 saturated heterocycles. The minimum Gasteiger partial charge on any atom is -0.396 e. The molecule has 15 heavy (non-hydrogen) atoms. The summed E-state index contributed by atoms with van der Waals surface area (Å²) < 4.78 is 0.982. The number of nitrogen functional groups attached to an aromatic ring is 1. The number of nitrogens with two attached hydrogens (primary N) is 1. The molecule has 76 valence electrons. The van der Waals surface area contributed by atoms with Crippen molar-refractivity contribution in [1.82, 2.24) is 10.2 Å². The number of halogens is 2. The second kappa shape index (κ2) is 4.16. The average Bonchev–Trinajstić information content (AvgIpc) is 2.22. The zero-order valence-electron chi connectivity index (χ0n) is 7.61. The van der Waals surface area contributed by atoms with Gasteiger partial charge in [0.05, 0.1) is 11.4 Å². The minimum absolute atomic E-state index is 0.230. The third-order valence-electron chi connectivity index (χ3n) is 1.90. The maximum atomic E-state index is 5.69. The molecule has 1 heterocycles. The van der Waals surface area contributed by atoms with Gasteiger partial charge in [0.25, 0.3) is 0 Å². The standard InChI is InChI=1S/C10H7BrClN3/c11-7-3-1-2-6(4-7)9-5-8(13)10(12)15-14-9/h1-5H,(H2,13,14). The highest BCUT2D eigenvalue weighted by Crippen LogP contribution is 2.24. The van der Waals surface area contributed by atoms with E-state index in [9.17, 15) is 0 Å². The molecule has 2 N–H and O–H groups in total. The Morgan fingerprint density at radius 3 is 2.67 bits per heavy atom. The molecule has 0 bridgehead atoms. The van der Waals surface area contributed by atoms with Gasteiger partial charge in [0.15, 0.2) is 5.15 Å². The smallest absolute Gasteiger partial charge is 0.174 e. The predicted molar refractivity (Wildman–Crippen MR) is 64.6 cm³/mol. The highest BCUT2D eigenvalue weighted by Gasteiger charge is 2.04. The number of hydrogen-bond acceptors (Lipinski definition) is 3. The van der Waals surface area contributed by atoms with Crippen LogP contribution in [0.5, 0.6) is 0 Å². The summed E-state index contributed by atoms with van der Waals surface area (Å²) in [6.45, 7) is 0. The van der Waals surface area contributed by atoms with Crippen molar-refractivity contribution in [3.05, 3.63) is 40.0 Å². The van der Waals surface area contributed by atoms with Gasteiger partial charge in [-0.15, -0.1) is 10.2 Å². The Labute approximate surface area is 100 Å². The molecule has 0 aliphatic heterocycles. The number of hydrogen-bond donors (Lipinski definition) is 1. The van der Waals surface area contributed by atoms with Crippen LogP contribution in [0.4, 0.5) is 5.69 Å². The quantitative estimate of drug-likeness (QED) is 0.875. The highest BCUT2D eigenvalue weighted by atomic mass is 79.9. The fraction of sp³-hybridized carbons (Fsp3) is 0. The van der Waals surface area contributed by atoms with Crippen LogP contribution in [0.1, 0.15) is 0 Å². The Morgan fingerprint density at radius 2 is 2.00 bits per heavy atom. The van der Waals surface area contributed by atoms with Gasteiger partial charge in [0.2, 0.25) is 0 Å². The van der Waals surface area contributed by atoms with Crippen LogP contribution in [0.2, 0.25) is 5.15 Å². The lowest BCUT2D eigenvalue weighted by molar-refractivity contribution is 1.04. The van der Waals surface area contributed by atoms with E-state index in [4.69, 9.17) is 17.3 Å². The van der Waals surface area contributed by atoms with Gasteiger partial charge < -0.3 is 5.73 Å². The summed E-state index contributed by atoms with van der Waals surface area (Å²) in [5.41, 5.74) is 7.73. The van der Waals surface area contributed by atoms with Crippen LogP contribution in [0.3, 0.4) is 0 Å². The van der Waals surface area contributed by atoms with Crippen LogP contribution in [-0.4, -0.2) is 10.2 Å². The van der Waals surface area contributed by atoms with Gasteiger partial charge in [0, 0.05) is 10.0 Å². The molecule has 3 nitrogen and oxygen atoms in total. The molecule has 0 fully saturated rings. The van der Waals surface area contributed by atoms with Crippen molar-refractivity contribution in [3.8, 4) is 11.3 Å². The van der Waals surface area contributed by atoms with E-state index in [-0.39, 0.29) is 5.15 Å². The topological polar surface area (TPSA) is 51.8 Å². The monoisotopic (exact) mass is 283 g/mol. The van der Waals surface area contributed by atoms with Crippen LogP contribution in [-0.2, 0) is 0 Å². The summed E-state index contributed by atoms with van der Waals surface area (Å²) in [6.07, 6.45) is 0. The van der Waals surface area contributed by atoms with E-state index in [0.29, 0.717) is 11.4 Å². The molecule has 0 aliphatic carbocycles. The zero-order chi connectivity index (χ0) is 10.8. The Balaban J connectivity index is 2.50. The maximum Gasteiger partial charge on any atom is 0.174 e. The van der Waals surface area contributed by atoms with Crippen molar-refractivity contribution in [1.29, 1.82) is 0 Å². The van der Waals surface area contributed by atoms with Crippen molar-refractivity contribution < 1.29 is 0 Å². The highest BCUT2D eigenvalue weighted by molar-refractivity contribution is 9.10. The van der Waals surface area contributed by atoms with Gasteiger partial charge >= 0.3 is 0 Å². The summed E-state index contributed by atoms with van der Waals surface area (Å²) >= 11 is 9.08. The van der Waals surface area contributed by atoms with Crippen molar-refractivity contribution >= 4 is 33.2 Å². The fourth-order valence-electron chi connectivity index (χ4n) is 1.18. The first kappa shape index (κ1) is 10.4. The zero-order valence-corrected chi connectivity index (χ0v) is 9.96. The largest absolute Gasteiger partial charge is 0.396 e. The molecule has 0 atom stereocenters. The van der Waals surface area contributed by atoms with E-state index in [1.54, 1.807) is 6.07 Å². The Kier molecular flexibility index (Phi) is 2.88. The summed E-state index contributed by atoms with van der Waals surface area (Å²) in [4.78, 5) is 0. The van der Waals surface area contributed by atoms with Gasteiger partial charge in [0.1, 0.15) is 0 Å². The van der Waals surface area contributed by atoms with Crippen LogP contribution >= 0.6 is 27.5 Å². The van der Waals surface area contributed by atoms with E-state index >= 15 is 0 Å². The maximum absolute atomic E-state index is 5.69. The van der Waals surface area contributed by atoms with Gasteiger partial charge in [-0.25, -0.2) is 0 Å². The van der Waals surface area contributed by atoms with Crippen molar-refractivity contribution in [2.75, 3.05) is 5.73 Å². The fourth-order valence-corrected chi connectivity index (χ4v) is 1.67. The first-order chi connectivity index (χ1) is 7.16. The number of nitrogens with zero attached hydrogens (tertiary/aromatic N) is 2. The molecular weight excluding hydrogens is 277 g/mol. The van der Waals surface area contributed by atoms with E-state index in [0.717, 1.165) is 10.0 Å². The molecule has 0 spiro atoms. The lowest BCUT2D eigenvalue weighted by atomic mass is 10.1. The molecule has 0 aliphatic rings. The Bertz CT molecular complexity index is 502. The van der Waals surface area contributed by atoms with Crippen LogP contribution in [0.25, 0.3) is 11.3 Å². The molecule has 5 heteroatoms. The average molecular weight is 285 g/mol. The van der Waals surface area contributed by atoms with E-state index < -0.39 is 0 Å². The second-order valence-electron chi connectivity index (χ2n) is 2.99. The Morgan fingerprint density at radius 1 is 1.20 bits per heavy atom. The van der Waals surface area contributed by atoms with Gasteiger partial charge in [-0.1, -0.05) is 39.7 Å². The second-order valence-corrected chi connectivity index (χ2v) is 4.26. The first-order valence-corrected chi connectivity index (χ1v) is 5.38. The third kappa shape index (κ3) is 2.27. The lowest BCUT2D eigenvalue weighted by Crippen LogP contribution is -1.94. The Hall–Kier alpha value is -1.13. The number of aromatic nitrogens is 2. The summed E-state index contributed by atoms with van der Waals surface area (Å²) in [5.74, 6) is 0. The lowest BCUT2D eigenvalue weighted by Gasteiger charge is -2.02. The molecule has 0 unspecified atom stereocenters. The van der Waals surface area contributed by atoms with Gasteiger partial charge in [-0.2, -0.15) is 0 Å². The summed E-state index contributed by atoms with van der Waals surface area (Å²) in [6, 6.07) is 9.44. The van der Waals surface area contributed by atoms with Crippen LogP contribution < -0.4 is 5.73 Å². The normalized spacial score (nSPS) is 10.3. The van der Waals surface area contributed by atoms with E-state index in [1.807, 2.05) is 24.3 Å². The molecule has 2 aromatic rings. The first-order valence-electron chi connectivity index (χ1n) is 4.21. The number of benzene rings is 1. The van der Waals surface area contributed by atoms with Gasteiger partial charge in [-0.3, -0.25) is 0 Å². The van der Waals surface area contributed by atoms with Crippen LogP contribution in [0.15, 0.2) is 34.8 Å². The molecule has 1 aromatic heterocycles. The molecular formula is C10H7BrClN3. The summed E-state index contributed by atoms with van der Waals surface area (Å²) in [5, 5.41) is 7.96. The number of anilines is 1. The SMILES string of the molecule is Nc1cc(-c2cccc(Br)c2)nnc1Cl. The van der Waals surface area contributed by atoms with Crippen molar-refractivity contribution in [2.24, 2.45) is 0 Å². The van der Waals surface area contributed by atoms with Crippen molar-refractivity contribution in [2.45, 2.75) is 0 Å². The van der Waals surface area contributed by atoms with Crippen molar-refractivity contribution in [3.63, 3.8) is 0 Å².